The quantitative estimate of drug-likeness (QED) is 0.585. The van der Waals surface area contributed by atoms with Gasteiger partial charge in [0.05, 0.1) is 0 Å². The van der Waals surface area contributed by atoms with Gasteiger partial charge < -0.3 is 0 Å². The molecule has 1 aromatic heterocycles. The minimum absolute atomic E-state index is 0. The van der Waals surface area contributed by atoms with Crippen molar-refractivity contribution in [3.8, 4) is 0 Å². The molecule has 0 bridgehead atoms. The van der Waals surface area contributed by atoms with E-state index < -0.39 is 0 Å². The number of hydrogen-bond donors (Lipinski definition) is 0. The molecule has 1 rings (SSSR count). The Morgan fingerprint density at radius 1 is 1.44 bits per heavy atom. The monoisotopic (exact) mass is 215 g/mol. The van der Waals surface area contributed by atoms with Crippen LogP contribution in [0.25, 0.3) is 0 Å². The van der Waals surface area contributed by atoms with E-state index in [0.717, 1.165) is 0 Å². The molecule has 0 aromatic carbocycles. The van der Waals surface area contributed by atoms with Crippen LogP contribution in [-0.2, 0) is 26.2 Å². The van der Waals surface area contributed by atoms with Gasteiger partial charge in [-0.1, -0.05) is 20.8 Å². The van der Waals surface area contributed by atoms with Crippen LogP contribution in [0.4, 0.5) is 0 Å². The standard InChI is InChI=1S/C7H10P.Zr/c1-5-4-8-7(3)6(5)2;/h4H,1-3H3;/q-1;. The molecule has 0 aliphatic carbocycles. The van der Waals surface area contributed by atoms with Crippen LogP contribution in [0.5, 0.6) is 0 Å². The second-order valence-corrected chi connectivity index (χ2v) is 3.34. The summed E-state index contributed by atoms with van der Waals surface area (Å²) in [6, 6.07) is 0. The fraction of sp³-hybridized carbons (Fsp3) is 0.429. The largest absolute Gasteiger partial charge is 0.223 e. The fourth-order valence-electron chi connectivity index (χ4n) is 0.673. The van der Waals surface area contributed by atoms with Gasteiger partial charge in [0.25, 0.3) is 0 Å². The summed E-state index contributed by atoms with van der Waals surface area (Å²) in [7, 11) is 1.40. The van der Waals surface area contributed by atoms with E-state index in [-0.39, 0.29) is 26.2 Å². The summed E-state index contributed by atoms with van der Waals surface area (Å²) in [5.41, 5.74) is 2.93. The van der Waals surface area contributed by atoms with Gasteiger partial charge in [0.2, 0.25) is 0 Å². The van der Waals surface area contributed by atoms with Crippen molar-refractivity contribution in [2.45, 2.75) is 20.8 Å². The van der Waals surface area contributed by atoms with Crippen molar-refractivity contribution in [1.29, 1.82) is 0 Å². The fourth-order valence-corrected chi connectivity index (χ4v) is 1.62. The van der Waals surface area contributed by atoms with Gasteiger partial charge >= 0.3 is 0 Å². The van der Waals surface area contributed by atoms with E-state index in [1.165, 1.54) is 24.6 Å². The van der Waals surface area contributed by atoms with Crippen LogP contribution in [0.1, 0.15) is 16.4 Å². The molecule has 0 nitrogen and oxygen atoms in total. The van der Waals surface area contributed by atoms with E-state index in [0.29, 0.717) is 0 Å². The molecule has 0 radical (unpaired) electrons. The van der Waals surface area contributed by atoms with E-state index >= 15 is 0 Å². The third-order valence-electron chi connectivity index (χ3n) is 1.59. The zero-order chi connectivity index (χ0) is 6.15. The Morgan fingerprint density at radius 2 is 2.00 bits per heavy atom. The van der Waals surface area contributed by atoms with Crippen LogP contribution in [0.15, 0.2) is 5.80 Å². The van der Waals surface area contributed by atoms with E-state index in [2.05, 4.69) is 26.6 Å². The van der Waals surface area contributed by atoms with Crippen LogP contribution in [0.2, 0.25) is 0 Å². The van der Waals surface area contributed by atoms with Gasteiger partial charge in [0.15, 0.2) is 0 Å². The van der Waals surface area contributed by atoms with E-state index in [1.54, 1.807) is 0 Å². The predicted molar refractivity (Wildman–Crippen MR) is 38.8 cm³/mol. The molecule has 0 atom stereocenters. The van der Waals surface area contributed by atoms with Crippen molar-refractivity contribution in [3.05, 3.63) is 22.2 Å². The normalized spacial score (nSPS) is 9.67. The van der Waals surface area contributed by atoms with Crippen molar-refractivity contribution in [2.75, 3.05) is 0 Å². The predicted octanol–water partition coefficient (Wildman–Crippen LogP) is 2.91. The molecule has 9 heavy (non-hydrogen) atoms. The molecule has 0 amide bonds. The maximum Gasteiger partial charge on any atom is 0 e. The van der Waals surface area contributed by atoms with E-state index in [9.17, 15) is 0 Å². The Balaban J connectivity index is 0.000000640. The Morgan fingerprint density at radius 3 is 2.11 bits per heavy atom. The summed E-state index contributed by atoms with van der Waals surface area (Å²) in [5.74, 6) is 2.25. The van der Waals surface area contributed by atoms with Crippen LogP contribution >= 0.6 is 8.19 Å². The molecule has 2 heteroatoms. The molecule has 0 N–H and O–H groups in total. The minimum Gasteiger partial charge on any atom is -0.223 e. The Labute approximate surface area is 77.3 Å². The van der Waals surface area contributed by atoms with Crippen molar-refractivity contribution >= 4 is 8.19 Å². The smallest absolute Gasteiger partial charge is 0 e. The average molecular weight is 216 g/mol. The molecule has 0 fully saturated rings. The van der Waals surface area contributed by atoms with Crippen LogP contribution in [0.3, 0.4) is 0 Å². The summed E-state index contributed by atoms with van der Waals surface area (Å²) >= 11 is 0. The maximum absolute atomic E-state index is 2.25. The third-order valence-corrected chi connectivity index (χ3v) is 2.83. The molecule has 48 valence electrons. The SMILES string of the molecule is Cc1cp[c-](C)c1C.[Zr]. The first-order valence-corrected chi connectivity index (χ1v) is 3.73. The van der Waals surface area contributed by atoms with E-state index in [1.807, 2.05) is 0 Å². The van der Waals surface area contributed by atoms with Gasteiger partial charge in [0.1, 0.15) is 0 Å². The first-order chi connectivity index (χ1) is 3.72. The second-order valence-electron chi connectivity index (χ2n) is 2.15. The summed E-state index contributed by atoms with van der Waals surface area (Å²) in [4.78, 5) is 0. The minimum atomic E-state index is 0. The molecular formula is C7H10PZr-. The van der Waals surface area contributed by atoms with Crippen molar-refractivity contribution < 1.29 is 26.2 Å². The molecule has 0 spiro atoms. The number of hydrogen-bond acceptors (Lipinski definition) is 0. The van der Waals surface area contributed by atoms with Crippen molar-refractivity contribution in [3.63, 3.8) is 0 Å². The van der Waals surface area contributed by atoms with Gasteiger partial charge in [-0.25, -0.2) is 8.19 Å². The molecule has 0 saturated heterocycles. The Kier molecular flexibility index (Phi) is 4.02. The summed E-state index contributed by atoms with van der Waals surface area (Å²) < 4.78 is 0. The van der Waals surface area contributed by atoms with Crippen LogP contribution in [-0.4, -0.2) is 0 Å². The van der Waals surface area contributed by atoms with Gasteiger partial charge in [0, 0.05) is 26.2 Å². The molecule has 0 unspecified atom stereocenters. The van der Waals surface area contributed by atoms with E-state index in [4.69, 9.17) is 0 Å². The topological polar surface area (TPSA) is 0 Å². The number of rotatable bonds is 0. The molecule has 1 heterocycles. The molecule has 0 aliphatic rings. The number of aryl methyl sites for hydroxylation is 2. The molecule has 0 saturated carbocycles. The molecular weight excluding hydrogens is 206 g/mol. The van der Waals surface area contributed by atoms with Gasteiger partial charge in [-0.2, -0.15) is 16.9 Å². The second kappa shape index (κ2) is 3.74. The third kappa shape index (κ3) is 2.06. The first kappa shape index (κ1) is 9.66. The summed E-state index contributed by atoms with van der Waals surface area (Å²) in [6.07, 6.45) is 0. The maximum atomic E-state index is 2.25. The van der Waals surface area contributed by atoms with Crippen molar-refractivity contribution in [1.82, 2.24) is 0 Å². The zero-order valence-electron chi connectivity index (χ0n) is 6.02. The summed E-state index contributed by atoms with van der Waals surface area (Å²) in [6.45, 7) is 6.53. The van der Waals surface area contributed by atoms with Crippen molar-refractivity contribution in [2.24, 2.45) is 0 Å². The summed E-state index contributed by atoms with van der Waals surface area (Å²) in [5, 5.41) is 1.50. The molecule has 0 aliphatic heterocycles. The van der Waals surface area contributed by atoms with Gasteiger partial charge in [-0.3, -0.25) is 0 Å². The average Bonchev–Trinajstić information content (AvgIpc) is 1.98. The molecule has 1 aromatic rings. The Hall–Kier alpha value is 0.663. The van der Waals surface area contributed by atoms with Crippen LogP contribution < -0.4 is 0 Å². The first-order valence-electron chi connectivity index (χ1n) is 2.77. The Bertz CT molecular complexity index is 171. The van der Waals surface area contributed by atoms with Crippen LogP contribution in [0, 0.1) is 20.8 Å². The zero-order valence-corrected chi connectivity index (χ0v) is 9.38. The van der Waals surface area contributed by atoms with Gasteiger partial charge in [-0.05, 0) is 0 Å². The van der Waals surface area contributed by atoms with Gasteiger partial charge in [-0.15, -0.1) is 5.30 Å².